The zero-order valence-corrected chi connectivity index (χ0v) is 20.6. The number of amides is 1. The SMILES string of the molecule is COCOc1cc(OCOC)c(-c2ccccc2)c(C(C)C(=O)NCc2ccccc2)c1Br. The summed E-state index contributed by atoms with van der Waals surface area (Å²) in [6.07, 6.45) is 0. The van der Waals surface area contributed by atoms with Crippen molar-refractivity contribution in [1.29, 1.82) is 0 Å². The molecule has 0 aliphatic heterocycles. The maximum atomic E-state index is 13.2. The van der Waals surface area contributed by atoms with Gasteiger partial charge >= 0.3 is 0 Å². The van der Waals surface area contributed by atoms with E-state index >= 15 is 0 Å². The van der Waals surface area contributed by atoms with Crippen LogP contribution in [0.1, 0.15) is 24.0 Å². The molecule has 3 aromatic carbocycles. The van der Waals surface area contributed by atoms with Crippen molar-refractivity contribution in [3.63, 3.8) is 0 Å². The summed E-state index contributed by atoms with van der Waals surface area (Å²) in [5, 5.41) is 3.04. The third-order valence-electron chi connectivity index (χ3n) is 5.09. The van der Waals surface area contributed by atoms with Gasteiger partial charge in [-0.2, -0.15) is 0 Å². The lowest BCUT2D eigenvalue weighted by atomic mass is 9.89. The lowest BCUT2D eigenvalue weighted by Crippen LogP contribution is -2.28. The van der Waals surface area contributed by atoms with E-state index in [2.05, 4.69) is 21.2 Å². The fraction of sp³-hybridized carbons (Fsp3) is 0.269. The highest BCUT2D eigenvalue weighted by Gasteiger charge is 2.27. The molecule has 0 heterocycles. The number of nitrogens with one attached hydrogen (secondary N) is 1. The minimum atomic E-state index is -0.505. The molecule has 7 heteroatoms. The van der Waals surface area contributed by atoms with Gasteiger partial charge < -0.3 is 24.3 Å². The molecule has 0 spiro atoms. The van der Waals surface area contributed by atoms with Crippen LogP contribution in [0.25, 0.3) is 11.1 Å². The molecule has 6 nitrogen and oxygen atoms in total. The smallest absolute Gasteiger partial charge is 0.227 e. The molecule has 0 radical (unpaired) electrons. The number of carbonyl (C=O) groups is 1. The van der Waals surface area contributed by atoms with Gasteiger partial charge in [0.25, 0.3) is 0 Å². The second-order valence-electron chi connectivity index (χ2n) is 7.37. The molecule has 1 amide bonds. The Kier molecular flexibility index (Phi) is 9.30. The van der Waals surface area contributed by atoms with Crippen LogP contribution in [0.3, 0.4) is 0 Å². The number of hydrogen-bond acceptors (Lipinski definition) is 5. The van der Waals surface area contributed by atoms with Gasteiger partial charge in [-0.05, 0) is 39.5 Å². The van der Waals surface area contributed by atoms with Crippen molar-refractivity contribution in [2.24, 2.45) is 0 Å². The van der Waals surface area contributed by atoms with Gasteiger partial charge in [-0.15, -0.1) is 0 Å². The van der Waals surface area contributed by atoms with E-state index in [0.29, 0.717) is 22.5 Å². The molecule has 0 bridgehead atoms. The van der Waals surface area contributed by atoms with Crippen LogP contribution in [0.2, 0.25) is 0 Å². The summed E-state index contributed by atoms with van der Waals surface area (Å²) in [5.41, 5.74) is 3.50. The normalized spacial score (nSPS) is 11.6. The van der Waals surface area contributed by atoms with Crippen LogP contribution in [-0.4, -0.2) is 33.7 Å². The van der Waals surface area contributed by atoms with Crippen molar-refractivity contribution in [2.75, 3.05) is 27.8 Å². The van der Waals surface area contributed by atoms with Gasteiger partial charge in [0.15, 0.2) is 13.6 Å². The highest BCUT2D eigenvalue weighted by Crippen LogP contribution is 2.46. The van der Waals surface area contributed by atoms with Crippen LogP contribution in [-0.2, 0) is 20.8 Å². The second-order valence-corrected chi connectivity index (χ2v) is 8.16. The molecule has 0 aromatic heterocycles. The van der Waals surface area contributed by atoms with Crippen LogP contribution in [0.4, 0.5) is 0 Å². The number of hydrogen-bond donors (Lipinski definition) is 1. The Morgan fingerprint density at radius 3 is 2.09 bits per heavy atom. The average Bonchev–Trinajstić information content (AvgIpc) is 2.86. The van der Waals surface area contributed by atoms with E-state index in [9.17, 15) is 4.79 Å². The van der Waals surface area contributed by atoms with Crippen LogP contribution < -0.4 is 14.8 Å². The predicted octanol–water partition coefficient (Wildman–Crippen LogP) is 5.50. The van der Waals surface area contributed by atoms with Crippen LogP contribution >= 0.6 is 15.9 Å². The fourth-order valence-electron chi connectivity index (χ4n) is 3.47. The summed E-state index contributed by atoms with van der Waals surface area (Å²) in [6, 6.07) is 21.4. The Hall–Kier alpha value is -2.87. The van der Waals surface area contributed by atoms with Crippen molar-refractivity contribution in [3.8, 4) is 22.6 Å². The first-order valence-electron chi connectivity index (χ1n) is 10.5. The van der Waals surface area contributed by atoms with E-state index in [1.165, 1.54) is 0 Å². The van der Waals surface area contributed by atoms with Gasteiger partial charge in [0, 0.05) is 32.4 Å². The number of carbonyl (C=O) groups excluding carboxylic acids is 1. The molecule has 0 fully saturated rings. The maximum Gasteiger partial charge on any atom is 0.227 e. The van der Waals surface area contributed by atoms with E-state index in [0.717, 1.165) is 22.3 Å². The largest absolute Gasteiger partial charge is 0.467 e. The molecule has 174 valence electrons. The van der Waals surface area contributed by atoms with Gasteiger partial charge in [0.1, 0.15) is 11.5 Å². The summed E-state index contributed by atoms with van der Waals surface area (Å²) >= 11 is 3.68. The highest BCUT2D eigenvalue weighted by atomic mass is 79.9. The van der Waals surface area contributed by atoms with Gasteiger partial charge in [0.2, 0.25) is 5.91 Å². The minimum Gasteiger partial charge on any atom is -0.467 e. The highest BCUT2D eigenvalue weighted by molar-refractivity contribution is 9.10. The number of benzene rings is 3. The zero-order chi connectivity index (χ0) is 23.6. The van der Waals surface area contributed by atoms with Crippen molar-refractivity contribution in [1.82, 2.24) is 5.32 Å². The fourth-order valence-corrected chi connectivity index (χ4v) is 4.24. The van der Waals surface area contributed by atoms with E-state index < -0.39 is 5.92 Å². The molecule has 1 atom stereocenters. The van der Waals surface area contributed by atoms with Crippen LogP contribution in [0, 0.1) is 0 Å². The second kappa shape index (κ2) is 12.4. The molecular weight excluding hydrogens is 486 g/mol. The summed E-state index contributed by atoms with van der Waals surface area (Å²) < 4.78 is 22.6. The molecule has 3 aromatic rings. The first kappa shape index (κ1) is 24.8. The summed E-state index contributed by atoms with van der Waals surface area (Å²) in [6.45, 7) is 2.42. The molecular formula is C26H28BrNO5. The van der Waals surface area contributed by atoms with E-state index in [4.69, 9.17) is 18.9 Å². The monoisotopic (exact) mass is 513 g/mol. The Balaban J connectivity index is 2.06. The van der Waals surface area contributed by atoms with Crippen molar-refractivity contribution < 1.29 is 23.7 Å². The first-order chi connectivity index (χ1) is 16.1. The predicted molar refractivity (Wildman–Crippen MR) is 131 cm³/mol. The zero-order valence-electron chi connectivity index (χ0n) is 19.0. The van der Waals surface area contributed by atoms with Gasteiger partial charge in [-0.1, -0.05) is 60.7 Å². The molecule has 0 saturated heterocycles. The number of rotatable bonds is 11. The summed E-state index contributed by atoms with van der Waals surface area (Å²) in [7, 11) is 3.11. The maximum absolute atomic E-state index is 13.2. The Morgan fingerprint density at radius 2 is 1.48 bits per heavy atom. The summed E-state index contributed by atoms with van der Waals surface area (Å²) in [5.74, 6) is 0.447. The number of ether oxygens (including phenoxy) is 4. The standard InChI is InChI=1S/C26H28BrNO5/c1-18(26(29)28-15-19-10-6-4-7-11-19)23-24(20-12-8-5-9-13-20)21(32-16-30-2)14-22(25(23)27)33-17-31-3/h4-14,18H,15-17H2,1-3H3,(H,28,29). The van der Waals surface area contributed by atoms with Crippen molar-refractivity contribution in [2.45, 2.75) is 19.4 Å². The van der Waals surface area contributed by atoms with Crippen LogP contribution in [0.15, 0.2) is 71.2 Å². The minimum absolute atomic E-state index is 0.0548. The van der Waals surface area contributed by atoms with Crippen molar-refractivity contribution >= 4 is 21.8 Å². The molecule has 33 heavy (non-hydrogen) atoms. The Morgan fingerprint density at radius 1 is 0.909 bits per heavy atom. The summed E-state index contributed by atoms with van der Waals surface area (Å²) in [4.78, 5) is 13.2. The van der Waals surface area contributed by atoms with E-state index in [1.54, 1.807) is 20.3 Å². The quantitative estimate of drug-likeness (QED) is 0.343. The molecule has 0 aliphatic carbocycles. The van der Waals surface area contributed by atoms with Gasteiger partial charge in [-0.25, -0.2) is 0 Å². The van der Waals surface area contributed by atoms with Crippen LogP contribution in [0.5, 0.6) is 11.5 Å². The first-order valence-corrected chi connectivity index (χ1v) is 11.3. The average molecular weight is 514 g/mol. The Bertz CT molecular complexity index is 1040. The molecule has 1 unspecified atom stereocenters. The number of halogens is 1. The van der Waals surface area contributed by atoms with E-state index in [1.807, 2.05) is 67.6 Å². The lowest BCUT2D eigenvalue weighted by Gasteiger charge is -2.23. The third kappa shape index (κ3) is 6.35. The van der Waals surface area contributed by atoms with Crippen molar-refractivity contribution in [3.05, 3.63) is 82.3 Å². The third-order valence-corrected chi connectivity index (χ3v) is 5.91. The van der Waals surface area contributed by atoms with Gasteiger partial charge in [0.05, 0.1) is 10.4 Å². The molecule has 0 aliphatic rings. The topological polar surface area (TPSA) is 66.0 Å². The lowest BCUT2D eigenvalue weighted by molar-refractivity contribution is -0.122. The molecule has 1 N–H and O–H groups in total. The molecule has 0 saturated carbocycles. The number of methoxy groups -OCH3 is 2. The molecule has 3 rings (SSSR count). The Labute approximate surface area is 202 Å². The van der Waals surface area contributed by atoms with E-state index in [-0.39, 0.29) is 19.5 Å². The van der Waals surface area contributed by atoms with Gasteiger partial charge in [-0.3, -0.25) is 4.79 Å².